The van der Waals surface area contributed by atoms with E-state index in [0.717, 1.165) is 53.6 Å². The molecule has 0 unspecified atom stereocenters. The summed E-state index contributed by atoms with van der Waals surface area (Å²) >= 11 is 1.02. The van der Waals surface area contributed by atoms with Crippen LogP contribution in [0.25, 0.3) is 11.1 Å². The molecule has 8 rings (SSSR count). The molecule has 0 radical (unpaired) electrons. The number of benzene rings is 6. The third-order valence-electron chi connectivity index (χ3n) is 10.6. The van der Waals surface area contributed by atoms with Crippen LogP contribution in [0.4, 0.5) is 13.2 Å². The van der Waals surface area contributed by atoms with Crippen LogP contribution in [0.2, 0.25) is 0 Å². The highest BCUT2D eigenvalue weighted by molar-refractivity contribution is 7.99. The Kier molecular flexibility index (Phi) is 10.1. The van der Waals surface area contributed by atoms with E-state index >= 15 is 0 Å². The average molecular weight is 755 g/mol. The Hall–Kier alpha value is -5.60. The SMILES string of the molecule is CCOc1ccc(C2CCC(c3ccc(-c4ccc(Oc5cccc6c5C(=O)c5cccc(Sc7cccc(C(F)(F)F)c7)c5C6=O)cc4)cc3)CC2)cc1. The number of alkyl halides is 3. The van der Waals surface area contributed by atoms with Crippen molar-refractivity contribution in [2.75, 3.05) is 6.61 Å². The maximum Gasteiger partial charge on any atom is 0.416 e. The molecule has 276 valence electrons. The smallest absolute Gasteiger partial charge is 0.416 e. The number of carbonyl (C=O) groups excluding carboxylic acids is 2. The first-order valence-corrected chi connectivity index (χ1v) is 19.3. The van der Waals surface area contributed by atoms with E-state index < -0.39 is 11.7 Å². The van der Waals surface area contributed by atoms with Gasteiger partial charge in [-0.15, -0.1) is 0 Å². The van der Waals surface area contributed by atoms with Crippen LogP contribution in [0.1, 0.15) is 93.0 Å². The number of rotatable bonds is 9. The molecule has 6 aromatic carbocycles. The molecule has 4 nitrogen and oxygen atoms in total. The van der Waals surface area contributed by atoms with Gasteiger partial charge in [-0.25, -0.2) is 0 Å². The quantitative estimate of drug-likeness (QED) is 0.147. The van der Waals surface area contributed by atoms with Crippen LogP contribution in [0.15, 0.2) is 143 Å². The monoisotopic (exact) mass is 754 g/mol. The summed E-state index contributed by atoms with van der Waals surface area (Å²) < 4.78 is 51.9. The molecule has 1 fully saturated rings. The van der Waals surface area contributed by atoms with Crippen LogP contribution >= 0.6 is 11.8 Å². The zero-order chi connectivity index (χ0) is 38.1. The van der Waals surface area contributed by atoms with E-state index in [1.807, 2.05) is 31.2 Å². The molecule has 0 aliphatic heterocycles. The summed E-state index contributed by atoms with van der Waals surface area (Å²) in [7, 11) is 0. The Bertz CT molecular complexity index is 2360. The van der Waals surface area contributed by atoms with Crippen LogP contribution < -0.4 is 9.47 Å². The minimum Gasteiger partial charge on any atom is -0.494 e. The lowest BCUT2D eigenvalue weighted by Crippen LogP contribution is -2.22. The molecule has 0 saturated heterocycles. The van der Waals surface area contributed by atoms with Gasteiger partial charge in [0.25, 0.3) is 0 Å². The Labute approximate surface area is 322 Å². The highest BCUT2D eigenvalue weighted by Crippen LogP contribution is 2.43. The van der Waals surface area contributed by atoms with E-state index in [2.05, 4.69) is 48.5 Å². The van der Waals surface area contributed by atoms with Crippen molar-refractivity contribution in [3.05, 3.63) is 172 Å². The van der Waals surface area contributed by atoms with Crippen LogP contribution in [0.3, 0.4) is 0 Å². The molecule has 0 bridgehead atoms. The summed E-state index contributed by atoms with van der Waals surface area (Å²) in [6, 6.07) is 39.7. The molecule has 55 heavy (non-hydrogen) atoms. The second-order valence-corrected chi connectivity index (χ2v) is 15.1. The van der Waals surface area contributed by atoms with E-state index in [1.54, 1.807) is 42.5 Å². The van der Waals surface area contributed by atoms with Gasteiger partial charge >= 0.3 is 6.18 Å². The van der Waals surface area contributed by atoms with E-state index in [4.69, 9.17) is 9.47 Å². The van der Waals surface area contributed by atoms with Gasteiger partial charge in [-0.3, -0.25) is 9.59 Å². The van der Waals surface area contributed by atoms with Gasteiger partial charge < -0.3 is 9.47 Å². The second kappa shape index (κ2) is 15.3. The summed E-state index contributed by atoms with van der Waals surface area (Å²) in [6.45, 7) is 2.67. The molecular weight excluding hydrogens is 718 g/mol. The molecule has 0 spiro atoms. The van der Waals surface area contributed by atoms with Crippen LogP contribution in [0, 0.1) is 0 Å². The van der Waals surface area contributed by atoms with Crippen molar-refractivity contribution < 1.29 is 32.2 Å². The van der Waals surface area contributed by atoms with Gasteiger partial charge in [0.15, 0.2) is 11.6 Å². The average Bonchev–Trinajstić information content (AvgIpc) is 3.20. The lowest BCUT2D eigenvalue weighted by molar-refractivity contribution is -0.137. The largest absolute Gasteiger partial charge is 0.494 e. The maximum absolute atomic E-state index is 14.0. The van der Waals surface area contributed by atoms with Crippen molar-refractivity contribution in [1.82, 2.24) is 0 Å². The molecule has 0 aromatic heterocycles. The summed E-state index contributed by atoms with van der Waals surface area (Å²) in [5, 5.41) is 0. The summed E-state index contributed by atoms with van der Waals surface area (Å²) in [5.74, 6) is 2.05. The lowest BCUT2D eigenvalue weighted by Gasteiger charge is -2.29. The summed E-state index contributed by atoms with van der Waals surface area (Å²) in [6.07, 6.45) is 0.154. The molecule has 1 saturated carbocycles. The summed E-state index contributed by atoms with van der Waals surface area (Å²) in [5.41, 5.74) is 4.80. The Balaban J connectivity index is 0.942. The van der Waals surface area contributed by atoms with Crippen molar-refractivity contribution >= 4 is 23.3 Å². The number of ether oxygens (including phenoxy) is 2. The Morgan fingerprint density at radius 1 is 0.618 bits per heavy atom. The zero-order valence-corrected chi connectivity index (χ0v) is 30.9. The highest BCUT2D eigenvalue weighted by Gasteiger charge is 2.35. The van der Waals surface area contributed by atoms with Gasteiger partial charge in [-0.05, 0) is 121 Å². The number of fused-ring (bicyclic) bond motifs is 2. The molecule has 0 atom stereocenters. The third-order valence-corrected chi connectivity index (χ3v) is 11.6. The molecule has 0 amide bonds. The molecule has 6 aromatic rings. The summed E-state index contributed by atoms with van der Waals surface area (Å²) in [4.78, 5) is 28.6. The third kappa shape index (κ3) is 7.56. The molecule has 2 aliphatic rings. The fourth-order valence-electron chi connectivity index (χ4n) is 7.76. The normalized spacial score (nSPS) is 16.7. The molecule has 0 N–H and O–H groups in total. The fourth-order valence-corrected chi connectivity index (χ4v) is 8.80. The van der Waals surface area contributed by atoms with Gasteiger partial charge in [0.05, 0.1) is 17.7 Å². The first-order valence-electron chi connectivity index (χ1n) is 18.5. The molecule has 0 heterocycles. The predicted molar refractivity (Wildman–Crippen MR) is 209 cm³/mol. The number of ketones is 2. The number of hydrogen-bond donors (Lipinski definition) is 0. The van der Waals surface area contributed by atoms with Crippen molar-refractivity contribution in [2.45, 2.75) is 60.4 Å². The fraction of sp³-hybridized carbons (Fsp3) is 0.191. The van der Waals surface area contributed by atoms with Crippen molar-refractivity contribution in [3.8, 4) is 28.4 Å². The molecule has 8 heteroatoms. The van der Waals surface area contributed by atoms with Gasteiger partial charge in [0.1, 0.15) is 17.2 Å². The first kappa shape index (κ1) is 36.4. The Morgan fingerprint density at radius 2 is 1.15 bits per heavy atom. The van der Waals surface area contributed by atoms with Crippen molar-refractivity contribution in [1.29, 1.82) is 0 Å². The minimum atomic E-state index is -4.50. The highest BCUT2D eigenvalue weighted by atomic mass is 32.2. The zero-order valence-electron chi connectivity index (χ0n) is 30.1. The van der Waals surface area contributed by atoms with Gasteiger partial charge in [0.2, 0.25) is 0 Å². The number of halogens is 3. The van der Waals surface area contributed by atoms with E-state index in [0.29, 0.717) is 34.0 Å². The topological polar surface area (TPSA) is 52.6 Å². The van der Waals surface area contributed by atoms with Crippen molar-refractivity contribution in [2.24, 2.45) is 0 Å². The Morgan fingerprint density at radius 3 is 1.76 bits per heavy atom. The van der Waals surface area contributed by atoms with Gasteiger partial charge in [0, 0.05) is 26.5 Å². The standard InChI is InChI=1S/C47H37F3O4S/c1-2-53-36-24-20-33(21-25-36)31-16-12-29(13-17-31)30-14-18-32(19-15-30)34-22-26-37(27-23-34)54-41-10-4-8-39-43(41)45(51)40-9-5-11-42(44(40)46(39)52)55-38-7-3-6-35(28-38)47(48,49)50/h3-11,14-15,18-29,31H,2,12-13,16-17H2,1H3. The van der Waals surface area contributed by atoms with Crippen LogP contribution in [-0.4, -0.2) is 18.2 Å². The van der Waals surface area contributed by atoms with Gasteiger partial charge in [-0.1, -0.05) is 90.6 Å². The molecule has 2 aliphatic carbocycles. The minimum absolute atomic E-state index is 0.161. The van der Waals surface area contributed by atoms with Crippen LogP contribution in [-0.2, 0) is 6.18 Å². The van der Waals surface area contributed by atoms with Crippen LogP contribution in [0.5, 0.6) is 17.2 Å². The van der Waals surface area contributed by atoms with Crippen molar-refractivity contribution in [3.63, 3.8) is 0 Å². The number of carbonyl (C=O) groups is 2. The number of hydrogen-bond acceptors (Lipinski definition) is 5. The predicted octanol–water partition coefficient (Wildman–Crippen LogP) is 12.9. The van der Waals surface area contributed by atoms with E-state index in [-0.39, 0.29) is 39.6 Å². The van der Waals surface area contributed by atoms with E-state index in [1.165, 1.54) is 30.0 Å². The maximum atomic E-state index is 14.0. The lowest BCUT2D eigenvalue weighted by atomic mass is 9.76. The van der Waals surface area contributed by atoms with E-state index in [9.17, 15) is 22.8 Å². The molecular formula is C47H37F3O4S. The first-order chi connectivity index (χ1) is 26.7. The second-order valence-electron chi connectivity index (χ2n) is 13.9. The van der Waals surface area contributed by atoms with Gasteiger partial charge in [-0.2, -0.15) is 13.2 Å².